The average molecular weight is 242 g/mol. The van der Waals surface area contributed by atoms with Crippen LogP contribution >= 0.6 is 11.6 Å². The lowest BCUT2D eigenvalue weighted by atomic mass is 10.0. The largest absolute Gasteiger partial charge is 0.506 e. The van der Waals surface area contributed by atoms with Gasteiger partial charge in [-0.1, -0.05) is 37.6 Å². The van der Waals surface area contributed by atoms with Crippen molar-refractivity contribution in [2.75, 3.05) is 0 Å². The van der Waals surface area contributed by atoms with Crippen molar-refractivity contribution in [2.45, 2.75) is 39.8 Å². The van der Waals surface area contributed by atoms with E-state index in [2.05, 4.69) is 26.1 Å². The summed E-state index contributed by atoms with van der Waals surface area (Å²) in [5, 5.41) is 13.5. The van der Waals surface area contributed by atoms with Crippen LogP contribution in [-0.2, 0) is 6.54 Å². The normalized spacial score (nSPS) is 13.1. The van der Waals surface area contributed by atoms with Crippen LogP contribution in [0.1, 0.15) is 32.8 Å². The predicted molar refractivity (Wildman–Crippen MR) is 68.9 cm³/mol. The third-order valence-electron chi connectivity index (χ3n) is 2.54. The summed E-state index contributed by atoms with van der Waals surface area (Å²) in [5.41, 5.74) is 0.850. The molecule has 1 aromatic carbocycles. The third kappa shape index (κ3) is 4.03. The molecule has 2 N–H and O–H groups in total. The molecule has 2 nitrogen and oxygen atoms in total. The molecule has 0 saturated carbocycles. The number of nitrogens with one attached hydrogen (secondary N) is 1. The van der Waals surface area contributed by atoms with Crippen molar-refractivity contribution in [3.05, 3.63) is 28.8 Å². The molecule has 0 aliphatic rings. The minimum atomic E-state index is 0.188. The molecule has 0 saturated heterocycles. The van der Waals surface area contributed by atoms with Gasteiger partial charge in [-0.15, -0.1) is 0 Å². The predicted octanol–water partition coefficient (Wildman–Crippen LogP) is 3.57. The number of benzene rings is 1. The Morgan fingerprint density at radius 2 is 2.00 bits per heavy atom. The maximum atomic E-state index is 9.72. The first kappa shape index (κ1) is 13.3. The number of hydrogen-bond donors (Lipinski definition) is 2. The molecular formula is C13H20ClNO. The minimum absolute atomic E-state index is 0.188. The zero-order chi connectivity index (χ0) is 12.1. The summed E-state index contributed by atoms with van der Waals surface area (Å²) in [4.78, 5) is 0. The van der Waals surface area contributed by atoms with Crippen LogP contribution in [0.2, 0.25) is 5.02 Å². The smallest absolute Gasteiger partial charge is 0.138 e. The summed E-state index contributed by atoms with van der Waals surface area (Å²) in [5.74, 6) is 0.865. The highest BCUT2D eigenvalue weighted by atomic mass is 35.5. The monoisotopic (exact) mass is 241 g/mol. The van der Waals surface area contributed by atoms with Crippen LogP contribution in [0.5, 0.6) is 5.75 Å². The van der Waals surface area contributed by atoms with Gasteiger partial charge in [0.05, 0.1) is 5.02 Å². The molecule has 0 bridgehead atoms. The van der Waals surface area contributed by atoms with Gasteiger partial charge in [0.15, 0.2) is 0 Å². The minimum Gasteiger partial charge on any atom is -0.506 e. The average Bonchev–Trinajstić information content (AvgIpc) is 2.19. The number of aromatic hydroxyl groups is 1. The molecule has 1 unspecified atom stereocenters. The van der Waals surface area contributed by atoms with Crippen molar-refractivity contribution in [2.24, 2.45) is 5.92 Å². The van der Waals surface area contributed by atoms with Crippen LogP contribution in [0.4, 0.5) is 0 Å². The lowest BCUT2D eigenvalue weighted by molar-refractivity contribution is 0.429. The SMILES string of the molecule is CC(C)CC(C)NCc1cccc(Cl)c1O. The van der Waals surface area contributed by atoms with Crippen molar-refractivity contribution in [1.29, 1.82) is 0 Å². The molecule has 1 aromatic rings. The van der Waals surface area contributed by atoms with E-state index in [-0.39, 0.29) is 5.75 Å². The summed E-state index contributed by atoms with van der Waals surface area (Å²) < 4.78 is 0. The van der Waals surface area contributed by atoms with E-state index in [0.29, 0.717) is 23.5 Å². The van der Waals surface area contributed by atoms with Crippen LogP contribution in [0.15, 0.2) is 18.2 Å². The zero-order valence-corrected chi connectivity index (χ0v) is 10.9. The second-order valence-corrected chi connectivity index (χ2v) is 5.07. The molecule has 0 heterocycles. The Hall–Kier alpha value is -0.730. The summed E-state index contributed by atoms with van der Waals surface area (Å²) in [6.07, 6.45) is 1.13. The highest BCUT2D eigenvalue weighted by Crippen LogP contribution is 2.26. The van der Waals surface area contributed by atoms with E-state index in [4.69, 9.17) is 11.6 Å². The van der Waals surface area contributed by atoms with Crippen LogP contribution in [0, 0.1) is 5.92 Å². The molecule has 0 amide bonds. The highest BCUT2D eigenvalue weighted by molar-refractivity contribution is 6.32. The number of phenolic OH excluding ortho intramolecular Hbond substituents is 1. The van der Waals surface area contributed by atoms with Gasteiger partial charge in [0, 0.05) is 18.2 Å². The fraction of sp³-hybridized carbons (Fsp3) is 0.538. The second kappa shape index (κ2) is 6.12. The van der Waals surface area contributed by atoms with E-state index in [1.807, 2.05) is 12.1 Å². The van der Waals surface area contributed by atoms with Crippen molar-refractivity contribution in [3.8, 4) is 5.75 Å². The zero-order valence-electron chi connectivity index (χ0n) is 10.1. The number of rotatable bonds is 5. The van der Waals surface area contributed by atoms with Gasteiger partial charge in [0.25, 0.3) is 0 Å². The summed E-state index contributed by atoms with van der Waals surface area (Å²) in [6, 6.07) is 5.87. The van der Waals surface area contributed by atoms with E-state index in [1.165, 1.54) is 0 Å². The van der Waals surface area contributed by atoms with Gasteiger partial charge in [0.1, 0.15) is 5.75 Å². The van der Waals surface area contributed by atoms with Gasteiger partial charge in [-0.2, -0.15) is 0 Å². The van der Waals surface area contributed by atoms with Crippen LogP contribution in [0.3, 0.4) is 0 Å². The quantitative estimate of drug-likeness (QED) is 0.826. The third-order valence-corrected chi connectivity index (χ3v) is 2.84. The Labute approximate surface area is 103 Å². The van der Waals surface area contributed by atoms with Crippen molar-refractivity contribution < 1.29 is 5.11 Å². The fourth-order valence-corrected chi connectivity index (χ4v) is 1.97. The van der Waals surface area contributed by atoms with Gasteiger partial charge in [0.2, 0.25) is 0 Å². The number of hydrogen-bond acceptors (Lipinski definition) is 2. The van der Waals surface area contributed by atoms with E-state index in [9.17, 15) is 5.11 Å². The molecule has 0 spiro atoms. The molecule has 90 valence electrons. The molecule has 0 fully saturated rings. The van der Waals surface area contributed by atoms with Crippen LogP contribution in [-0.4, -0.2) is 11.1 Å². The standard InChI is InChI=1S/C13H20ClNO/c1-9(2)7-10(3)15-8-11-5-4-6-12(14)13(11)16/h4-6,9-10,15-16H,7-8H2,1-3H3. The van der Waals surface area contributed by atoms with Gasteiger partial charge in [-0.3, -0.25) is 0 Å². The first-order valence-electron chi connectivity index (χ1n) is 5.70. The van der Waals surface area contributed by atoms with Gasteiger partial charge >= 0.3 is 0 Å². The number of halogens is 1. The Morgan fingerprint density at radius 3 is 2.62 bits per heavy atom. The maximum Gasteiger partial charge on any atom is 0.138 e. The van der Waals surface area contributed by atoms with Gasteiger partial charge in [-0.25, -0.2) is 0 Å². The van der Waals surface area contributed by atoms with Crippen LogP contribution in [0.25, 0.3) is 0 Å². The molecular weight excluding hydrogens is 222 g/mol. The topological polar surface area (TPSA) is 32.3 Å². The van der Waals surface area contributed by atoms with Crippen molar-refractivity contribution in [3.63, 3.8) is 0 Å². The molecule has 0 radical (unpaired) electrons. The van der Waals surface area contributed by atoms with Crippen molar-refractivity contribution in [1.82, 2.24) is 5.32 Å². The molecule has 1 atom stereocenters. The molecule has 3 heteroatoms. The Balaban J connectivity index is 2.51. The Morgan fingerprint density at radius 1 is 1.31 bits per heavy atom. The van der Waals surface area contributed by atoms with Crippen LogP contribution < -0.4 is 5.32 Å². The first-order valence-corrected chi connectivity index (χ1v) is 6.08. The lowest BCUT2D eigenvalue weighted by Gasteiger charge is -2.16. The van der Waals surface area contributed by atoms with Gasteiger partial charge < -0.3 is 10.4 Å². The van der Waals surface area contributed by atoms with Crippen molar-refractivity contribution >= 4 is 11.6 Å². The molecule has 1 rings (SSSR count). The number of para-hydroxylation sites is 1. The molecule has 16 heavy (non-hydrogen) atoms. The van der Waals surface area contributed by atoms with Gasteiger partial charge in [-0.05, 0) is 25.3 Å². The maximum absolute atomic E-state index is 9.72. The Bertz CT molecular complexity index is 339. The molecule has 0 aliphatic heterocycles. The summed E-state index contributed by atoms with van der Waals surface area (Å²) >= 11 is 5.84. The van der Waals surface area contributed by atoms with E-state index in [0.717, 1.165) is 12.0 Å². The lowest BCUT2D eigenvalue weighted by Crippen LogP contribution is -2.26. The summed E-state index contributed by atoms with van der Waals surface area (Å²) in [6.45, 7) is 7.21. The van der Waals surface area contributed by atoms with E-state index < -0.39 is 0 Å². The molecule has 0 aliphatic carbocycles. The first-order chi connectivity index (χ1) is 7.50. The van der Waals surface area contributed by atoms with E-state index >= 15 is 0 Å². The van der Waals surface area contributed by atoms with E-state index in [1.54, 1.807) is 6.07 Å². The second-order valence-electron chi connectivity index (χ2n) is 4.66. The fourth-order valence-electron chi connectivity index (χ4n) is 1.78. The number of phenols is 1. The summed E-state index contributed by atoms with van der Waals surface area (Å²) in [7, 11) is 0. The highest BCUT2D eigenvalue weighted by Gasteiger charge is 2.08. The Kier molecular flexibility index (Phi) is 5.10. The molecule has 0 aromatic heterocycles.